The molecule has 4 nitrogen and oxygen atoms in total. The number of nitrogens with zero attached hydrogens (tertiary/aromatic N) is 1. The zero-order valence-electron chi connectivity index (χ0n) is 8.41. The van der Waals surface area contributed by atoms with Crippen molar-refractivity contribution in [2.45, 2.75) is 0 Å². The molecule has 1 aromatic carbocycles. The minimum atomic E-state index is -1.17. The Bertz CT molecular complexity index is 436. The lowest BCUT2D eigenvalue weighted by atomic mass is 10.2. The zero-order chi connectivity index (χ0) is 12.3. The molecule has 0 saturated heterocycles. The summed E-state index contributed by atoms with van der Waals surface area (Å²) in [6.07, 6.45) is 0. The first-order valence-electron chi connectivity index (χ1n) is 4.34. The van der Waals surface area contributed by atoms with Gasteiger partial charge in [-0.3, -0.25) is 9.59 Å². The number of amides is 1. The van der Waals surface area contributed by atoms with Crippen molar-refractivity contribution in [2.24, 2.45) is 0 Å². The van der Waals surface area contributed by atoms with Crippen LogP contribution in [0.2, 0.25) is 5.02 Å². The van der Waals surface area contributed by atoms with E-state index in [1.165, 1.54) is 13.1 Å². The smallest absolute Gasteiger partial charge is 0.323 e. The van der Waals surface area contributed by atoms with Crippen molar-refractivity contribution in [1.29, 1.82) is 0 Å². The predicted molar refractivity (Wildman–Crippen MR) is 56.0 cm³/mol. The third kappa shape index (κ3) is 2.93. The van der Waals surface area contributed by atoms with Crippen LogP contribution in [0.4, 0.5) is 4.39 Å². The van der Waals surface area contributed by atoms with Crippen LogP contribution in [0.3, 0.4) is 0 Å². The van der Waals surface area contributed by atoms with Crippen molar-refractivity contribution in [1.82, 2.24) is 4.90 Å². The Morgan fingerprint density at radius 2 is 2.12 bits per heavy atom. The minimum absolute atomic E-state index is 0.216. The summed E-state index contributed by atoms with van der Waals surface area (Å²) in [6, 6.07) is 3.53. The number of hydrogen-bond acceptors (Lipinski definition) is 2. The van der Waals surface area contributed by atoms with E-state index >= 15 is 0 Å². The highest BCUT2D eigenvalue weighted by molar-refractivity contribution is 6.31. The lowest BCUT2D eigenvalue weighted by Crippen LogP contribution is -2.32. The molecule has 0 heterocycles. The normalized spacial score (nSPS) is 9.94. The van der Waals surface area contributed by atoms with E-state index < -0.39 is 24.2 Å². The third-order valence-electron chi connectivity index (χ3n) is 1.88. The van der Waals surface area contributed by atoms with Gasteiger partial charge in [0.2, 0.25) is 0 Å². The zero-order valence-corrected chi connectivity index (χ0v) is 9.16. The Balaban J connectivity index is 2.95. The highest BCUT2D eigenvalue weighted by Crippen LogP contribution is 2.16. The van der Waals surface area contributed by atoms with Gasteiger partial charge in [0.1, 0.15) is 12.4 Å². The summed E-state index contributed by atoms with van der Waals surface area (Å²) in [5, 5.41) is 8.71. The van der Waals surface area contributed by atoms with Gasteiger partial charge in [0.15, 0.2) is 0 Å². The van der Waals surface area contributed by atoms with Crippen LogP contribution >= 0.6 is 11.6 Å². The molecule has 1 amide bonds. The van der Waals surface area contributed by atoms with E-state index in [0.717, 1.165) is 17.0 Å². The molecular weight excluding hydrogens is 237 g/mol. The van der Waals surface area contributed by atoms with Crippen molar-refractivity contribution >= 4 is 23.5 Å². The fourth-order valence-corrected chi connectivity index (χ4v) is 1.31. The molecule has 0 aliphatic heterocycles. The second-order valence-corrected chi connectivity index (χ2v) is 3.62. The summed E-state index contributed by atoms with van der Waals surface area (Å²) < 4.78 is 13.3. The summed E-state index contributed by atoms with van der Waals surface area (Å²) in [6.45, 7) is -0.495. The molecular formula is C10H9ClFNO3. The summed E-state index contributed by atoms with van der Waals surface area (Å²) in [5.74, 6) is -2.62. The first-order chi connectivity index (χ1) is 7.41. The highest BCUT2D eigenvalue weighted by atomic mass is 35.5. The van der Waals surface area contributed by atoms with Crippen LogP contribution in [-0.2, 0) is 4.79 Å². The van der Waals surface area contributed by atoms with Crippen LogP contribution in [0.1, 0.15) is 10.4 Å². The molecule has 0 fully saturated rings. The van der Waals surface area contributed by atoms with Gasteiger partial charge in [0, 0.05) is 12.1 Å². The Morgan fingerprint density at radius 3 is 2.69 bits per heavy atom. The number of carboxylic acids is 1. The maximum absolute atomic E-state index is 13.3. The van der Waals surface area contributed by atoms with E-state index in [2.05, 4.69) is 0 Å². The van der Waals surface area contributed by atoms with Crippen LogP contribution in [0.5, 0.6) is 0 Å². The Kier molecular flexibility index (Phi) is 3.84. The molecule has 0 aliphatic carbocycles. The highest BCUT2D eigenvalue weighted by Gasteiger charge is 2.18. The number of rotatable bonds is 3. The minimum Gasteiger partial charge on any atom is -0.480 e. The molecule has 86 valence electrons. The van der Waals surface area contributed by atoms with Crippen LogP contribution in [-0.4, -0.2) is 35.5 Å². The second kappa shape index (κ2) is 4.94. The summed E-state index contributed by atoms with van der Waals surface area (Å²) >= 11 is 5.62. The van der Waals surface area contributed by atoms with Gasteiger partial charge >= 0.3 is 5.97 Å². The van der Waals surface area contributed by atoms with E-state index in [1.807, 2.05) is 0 Å². The number of halogens is 2. The molecule has 6 heteroatoms. The second-order valence-electron chi connectivity index (χ2n) is 3.18. The number of benzene rings is 1. The quantitative estimate of drug-likeness (QED) is 0.881. The van der Waals surface area contributed by atoms with Gasteiger partial charge in [-0.25, -0.2) is 4.39 Å². The fourth-order valence-electron chi connectivity index (χ4n) is 1.14. The average Bonchev–Trinajstić information content (AvgIpc) is 2.19. The topological polar surface area (TPSA) is 57.6 Å². The Morgan fingerprint density at radius 1 is 1.50 bits per heavy atom. The number of carbonyl (C=O) groups excluding carboxylic acids is 1. The van der Waals surface area contributed by atoms with Gasteiger partial charge in [-0.1, -0.05) is 11.6 Å². The summed E-state index contributed by atoms with van der Waals surface area (Å²) in [5.41, 5.74) is -0.240. The predicted octanol–water partition coefficient (Wildman–Crippen LogP) is 1.64. The van der Waals surface area contributed by atoms with Gasteiger partial charge in [0.05, 0.1) is 5.56 Å². The van der Waals surface area contributed by atoms with E-state index in [4.69, 9.17) is 16.7 Å². The molecule has 1 rings (SSSR count). The van der Waals surface area contributed by atoms with Crippen LogP contribution in [0.25, 0.3) is 0 Å². The van der Waals surface area contributed by atoms with Gasteiger partial charge in [-0.2, -0.15) is 0 Å². The molecule has 16 heavy (non-hydrogen) atoms. The van der Waals surface area contributed by atoms with E-state index in [0.29, 0.717) is 0 Å². The monoisotopic (exact) mass is 245 g/mol. The molecule has 0 radical (unpaired) electrons. The summed E-state index contributed by atoms with van der Waals surface area (Å²) in [7, 11) is 1.27. The maximum Gasteiger partial charge on any atom is 0.323 e. The fraction of sp³-hybridized carbons (Fsp3) is 0.200. The van der Waals surface area contributed by atoms with Crippen LogP contribution in [0.15, 0.2) is 18.2 Å². The van der Waals surface area contributed by atoms with Crippen molar-refractivity contribution in [3.8, 4) is 0 Å². The lowest BCUT2D eigenvalue weighted by molar-refractivity contribution is -0.137. The SMILES string of the molecule is CN(CC(=O)O)C(=O)c1cc(Cl)ccc1F. The van der Waals surface area contributed by atoms with Crippen molar-refractivity contribution in [3.05, 3.63) is 34.6 Å². The van der Waals surface area contributed by atoms with Gasteiger partial charge in [0.25, 0.3) is 5.91 Å². The van der Waals surface area contributed by atoms with E-state index in [1.54, 1.807) is 0 Å². The number of likely N-dealkylation sites (N-methyl/N-ethyl adjacent to an activating group) is 1. The largest absolute Gasteiger partial charge is 0.480 e. The van der Waals surface area contributed by atoms with Crippen LogP contribution < -0.4 is 0 Å². The molecule has 0 aliphatic rings. The maximum atomic E-state index is 13.3. The van der Waals surface area contributed by atoms with Crippen molar-refractivity contribution in [3.63, 3.8) is 0 Å². The number of carboxylic acid groups (broad SMARTS) is 1. The standard InChI is InChI=1S/C10H9ClFNO3/c1-13(5-9(14)15)10(16)7-4-6(11)2-3-8(7)12/h2-4H,5H2,1H3,(H,14,15). The molecule has 0 aromatic heterocycles. The first kappa shape index (κ1) is 12.4. The first-order valence-corrected chi connectivity index (χ1v) is 4.72. The van der Waals surface area contributed by atoms with E-state index in [9.17, 15) is 14.0 Å². The van der Waals surface area contributed by atoms with Gasteiger partial charge in [-0.05, 0) is 18.2 Å². The van der Waals surface area contributed by atoms with Crippen molar-refractivity contribution in [2.75, 3.05) is 13.6 Å². The molecule has 1 N–H and O–H groups in total. The number of aliphatic carboxylic acids is 1. The van der Waals surface area contributed by atoms with Crippen molar-refractivity contribution < 1.29 is 19.1 Å². The van der Waals surface area contributed by atoms with Crippen LogP contribution in [0, 0.1) is 5.82 Å². The average molecular weight is 246 g/mol. The molecule has 0 unspecified atom stereocenters. The molecule has 1 aromatic rings. The molecule has 0 bridgehead atoms. The molecule has 0 saturated carbocycles. The van der Waals surface area contributed by atoms with Gasteiger partial charge in [-0.15, -0.1) is 0 Å². The lowest BCUT2D eigenvalue weighted by Gasteiger charge is -2.14. The number of hydrogen-bond donors (Lipinski definition) is 1. The summed E-state index contributed by atoms with van der Waals surface area (Å²) in [4.78, 5) is 22.9. The number of carbonyl (C=O) groups is 2. The van der Waals surface area contributed by atoms with Gasteiger partial charge < -0.3 is 10.0 Å². The molecule has 0 spiro atoms. The Labute approximate surface area is 96.2 Å². The Hall–Kier alpha value is -1.62. The third-order valence-corrected chi connectivity index (χ3v) is 2.11. The molecule has 0 atom stereocenters. The van der Waals surface area contributed by atoms with E-state index in [-0.39, 0.29) is 10.6 Å².